The molecule has 0 aromatic heterocycles. The zero-order valence-electron chi connectivity index (χ0n) is 17.7. The molecule has 3 aromatic rings. The van der Waals surface area contributed by atoms with Crippen molar-refractivity contribution in [2.24, 2.45) is 0 Å². The summed E-state index contributed by atoms with van der Waals surface area (Å²) in [5.41, 5.74) is 2.43. The lowest BCUT2D eigenvalue weighted by molar-refractivity contribution is -0.123. The summed E-state index contributed by atoms with van der Waals surface area (Å²) in [6.45, 7) is 0.407. The van der Waals surface area contributed by atoms with Gasteiger partial charge in [0.15, 0.2) is 11.5 Å². The predicted octanol–water partition coefficient (Wildman–Crippen LogP) is 5.27. The Balaban J connectivity index is 1.53. The summed E-state index contributed by atoms with van der Waals surface area (Å²) in [5, 5.41) is 2.59. The molecule has 6 nitrogen and oxygen atoms in total. The Morgan fingerprint density at radius 3 is 2.45 bits per heavy atom. The van der Waals surface area contributed by atoms with E-state index in [1.165, 1.54) is 31.4 Å². The maximum atomic E-state index is 13.1. The molecule has 0 unspecified atom stereocenters. The minimum absolute atomic E-state index is 0.0432. The third-order valence-electron chi connectivity index (χ3n) is 5.01. The van der Waals surface area contributed by atoms with E-state index in [-0.39, 0.29) is 18.1 Å². The molecule has 0 spiro atoms. The molecular formula is C25H20BrFN2O4. The first-order chi connectivity index (χ1) is 15.9. The topological polar surface area (TPSA) is 67.9 Å². The predicted molar refractivity (Wildman–Crippen MR) is 125 cm³/mol. The third-order valence-corrected chi connectivity index (χ3v) is 5.59. The molecule has 0 aliphatic carbocycles. The van der Waals surface area contributed by atoms with E-state index < -0.39 is 11.9 Å². The fourth-order valence-electron chi connectivity index (χ4n) is 3.35. The van der Waals surface area contributed by atoms with Crippen LogP contribution in [0.2, 0.25) is 0 Å². The van der Waals surface area contributed by atoms with Crippen LogP contribution in [0.25, 0.3) is 6.08 Å². The molecule has 3 aromatic carbocycles. The van der Waals surface area contributed by atoms with Crippen molar-refractivity contribution < 1.29 is 23.5 Å². The van der Waals surface area contributed by atoms with Gasteiger partial charge in [-0.15, -0.1) is 0 Å². The van der Waals surface area contributed by atoms with Crippen LogP contribution in [-0.4, -0.2) is 23.9 Å². The number of methoxy groups -OCH3 is 1. The van der Waals surface area contributed by atoms with Gasteiger partial charge in [-0.05, 0) is 63.0 Å². The number of benzene rings is 3. The number of urea groups is 1. The van der Waals surface area contributed by atoms with Crippen molar-refractivity contribution in [1.82, 2.24) is 10.2 Å². The van der Waals surface area contributed by atoms with Gasteiger partial charge in [0.25, 0.3) is 5.91 Å². The number of carbonyl (C=O) groups is 2. The van der Waals surface area contributed by atoms with Crippen molar-refractivity contribution in [3.8, 4) is 11.5 Å². The van der Waals surface area contributed by atoms with Crippen LogP contribution in [-0.2, 0) is 17.9 Å². The Hall–Kier alpha value is -3.65. The molecule has 33 heavy (non-hydrogen) atoms. The molecule has 8 heteroatoms. The van der Waals surface area contributed by atoms with E-state index in [0.29, 0.717) is 33.7 Å². The summed E-state index contributed by atoms with van der Waals surface area (Å²) in [6, 6.07) is 18.3. The Kier molecular flexibility index (Phi) is 6.74. The number of halogens is 2. The van der Waals surface area contributed by atoms with Gasteiger partial charge in [0.2, 0.25) is 0 Å². The van der Waals surface area contributed by atoms with E-state index in [4.69, 9.17) is 9.47 Å². The van der Waals surface area contributed by atoms with Gasteiger partial charge in [0, 0.05) is 0 Å². The van der Waals surface area contributed by atoms with Crippen LogP contribution >= 0.6 is 15.9 Å². The van der Waals surface area contributed by atoms with Crippen LogP contribution in [0.4, 0.5) is 9.18 Å². The van der Waals surface area contributed by atoms with Crippen molar-refractivity contribution in [2.45, 2.75) is 13.2 Å². The highest BCUT2D eigenvalue weighted by Gasteiger charge is 2.33. The molecular weight excluding hydrogens is 491 g/mol. The van der Waals surface area contributed by atoms with Gasteiger partial charge < -0.3 is 14.8 Å². The van der Waals surface area contributed by atoms with Crippen LogP contribution in [0.15, 0.2) is 76.9 Å². The molecule has 1 aliphatic rings. The standard InChI is InChI=1S/C25H20BrFN2O4/c1-32-22-13-18(11-20(26)23(22)33-15-17-5-3-2-4-6-17)12-21-24(30)29(25(31)28-21)14-16-7-9-19(27)10-8-16/h2-13H,14-15H2,1H3,(H,28,31)/b21-12+. The van der Waals surface area contributed by atoms with Gasteiger partial charge in [-0.3, -0.25) is 9.69 Å². The maximum absolute atomic E-state index is 13.1. The van der Waals surface area contributed by atoms with Gasteiger partial charge in [0.1, 0.15) is 18.1 Å². The first kappa shape index (κ1) is 22.5. The highest BCUT2D eigenvalue weighted by Crippen LogP contribution is 2.38. The van der Waals surface area contributed by atoms with Crippen molar-refractivity contribution in [3.05, 3.63) is 99.4 Å². The SMILES string of the molecule is COc1cc(/C=C2/NC(=O)N(Cc3ccc(F)cc3)C2=O)cc(Br)c1OCc1ccccc1. The molecule has 0 bridgehead atoms. The van der Waals surface area contributed by atoms with E-state index in [9.17, 15) is 14.0 Å². The van der Waals surface area contributed by atoms with Gasteiger partial charge >= 0.3 is 6.03 Å². The molecule has 0 radical (unpaired) electrons. The molecule has 4 rings (SSSR count). The number of rotatable bonds is 7. The minimum Gasteiger partial charge on any atom is -0.493 e. The van der Waals surface area contributed by atoms with Gasteiger partial charge in [0.05, 0.1) is 18.1 Å². The van der Waals surface area contributed by atoms with Crippen molar-refractivity contribution >= 4 is 33.9 Å². The van der Waals surface area contributed by atoms with E-state index in [1.54, 1.807) is 18.2 Å². The fourth-order valence-corrected chi connectivity index (χ4v) is 3.92. The Morgan fingerprint density at radius 2 is 1.76 bits per heavy atom. The largest absolute Gasteiger partial charge is 0.493 e. The molecule has 1 fully saturated rings. The first-order valence-electron chi connectivity index (χ1n) is 10.1. The first-order valence-corrected chi connectivity index (χ1v) is 10.9. The zero-order valence-corrected chi connectivity index (χ0v) is 19.3. The summed E-state index contributed by atoms with van der Waals surface area (Å²) >= 11 is 3.50. The van der Waals surface area contributed by atoms with Crippen molar-refractivity contribution in [3.63, 3.8) is 0 Å². The van der Waals surface area contributed by atoms with E-state index >= 15 is 0 Å². The average molecular weight is 511 g/mol. The Morgan fingerprint density at radius 1 is 1.03 bits per heavy atom. The van der Waals surface area contributed by atoms with Crippen LogP contribution in [0.1, 0.15) is 16.7 Å². The number of amides is 3. The zero-order chi connectivity index (χ0) is 23.4. The number of nitrogens with one attached hydrogen (secondary N) is 1. The molecule has 168 valence electrons. The van der Waals surface area contributed by atoms with Gasteiger partial charge in [-0.2, -0.15) is 0 Å². The lowest BCUT2D eigenvalue weighted by Gasteiger charge is -2.14. The van der Waals surface area contributed by atoms with Crippen molar-refractivity contribution in [2.75, 3.05) is 7.11 Å². The second-order valence-electron chi connectivity index (χ2n) is 7.31. The van der Waals surface area contributed by atoms with Crippen molar-refractivity contribution in [1.29, 1.82) is 0 Å². The maximum Gasteiger partial charge on any atom is 0.329 e. The smallest absolute Gasteiger partial charge is 0.329 e. The molecule has 0 saturated carbocycles. The highest BCUT2D eigenvalue weighted by molar-refractivity contribution is 9.10. The number of hydrogen-bond acceptors (Lipinski definition) is 4. The van der Waals surface area contributed by atoms with Crippen LogP contribution in [0.3, 0.4) is 0 Å². The van der Waals surface area contributed by atoms with Crippen LogP contribution < -0.4 is 14.8 Å². The summed E-state index contributed by atoms with van der Waals surface area (Å²) in [6.07, 6.45) is 1.57. The second kappa shape index (κ2) is 9.87. The molecule has 3 amide bonds. The number of hydrogen-bond donors (Lipinski definition) is 1. The number of nitrogens with zero attached hydrogens (tertiary/aromatic N) is 1. The second-order valence-corrected chi connectivity index (χ2v) is 8.17. The summed E-state index contributed by atoms with van der Waals surface area (Å²) in [4.78, 5) is 26.2. The van der Waals surface area contributed by atoms with E-state index in [1.807, 2.05) is 30.3 Å². The lowest BCUT2D eigenvalue weighted by atomic mass is 10.1. The van der Waals surface area contributed by atoms with Gasteiger partial charge in [-0.1, -0.05) is 42.5 Å². The molecule has 1 aliphatic heterocycles. The average Bonchev–Trinajstić information content (AvgIpc) is 3.07. The summed E-state index contributed by atoms with van der Waals surface area (Å²) in [7, 11) is 1.53. The summed E-state index contributed by atoms with van der Waals surface area (Å²) in [5.74, 6) is 0.159. The Labute approximate surface area is 198 Å². The van der Waals surface area contributed by atoms with E-state index in [0.717, 1.165) is 10.5 Å². The normalized spacial score (nSPS) is 14.5. The lowest BCUT2D eigenvalue weighted by Crippen LogP contribution is -2.30. The molecule has 0 atom stereocenters. The monoisotopic (exact) mass is 510 g/mol. The van der Waals surface area contributed by atoms with E-state index in [2.05, 4.69) is 21.2 Å². The minimum atomic E-state index is -0.538. The quantitative estimate of drug-likeness (QED) is 0.347. The van der Waals surface area contributed by atoms with Crippen LogP contribution in [0, 0.1) is 5.82 Å². The summed E-state index contributed by atoms with van der Waals surface area (Å²) < 4.78 is 25.2. The number of ether oxygens (including phenoxy) is 2. The molecule has 1 heterocycles. The van der Waals surface area contributed by atoms with Crippen LogP contribution in [0.5, 0.6) is 11.5 Å². The highest BCUT2D eigenvalue weighted by atomic mass is 79.9. The number of imide groups is 1. The number of carbonyl (C=O) groups excluding carboxylic acids is 2. The Bertz CT molecular complexity index is 1210. The van der Waals surface area contributed by atoms with Gasteiger partial charge in [-0.25, -0.2) is 9.18 Å². The third kappa shape index (κ3) is 5.23. The fraction of sp³-hybridized carbons (Fsp3) is 0.120. The molecule has 1 saturated heterocycles. The molecule has 1 N–H and O–H groups in total.